The molecule has 0 fully saturated rings. The number of carbonyl (C=O) groups excluding carboxylic acids is 4. The molecule has 1 aromatic carbocycles. The molecule has 1 atom stereocenters. The van der Waals surface area contributed by atoms with Crippen molar-refractivity contribution in [2.24, 2.45) is 11.1 Å². The number of carbonyl (C=O) groups is 4. The lowest BCUT2D eigenvalue weighted by atomic mass is 9.88. The molecule has 0 bridgehead atoms. The van der Waals surface area contributed by atoms with Crippen molar-refractivity contribution in [1.82, 2.24) is 0 Å². The van der Waals surface area contributed by atoms with Crippen molar-refractivity contribution in [3.63, 3.8) is 0 Å². The lowest BCUT2D eigenvalue weighted by Gasteiger charge is -2.27. The number of nitrogens with two attached hydrogens (primary N) is 1. The van der Waals surface area contributed by atoms with Crippen LogP contribution in [0.4, 0.5) is 9.59 Å². The first kappa shape index (κ1) is 27.7. The molecule has 1 aromatic rings. The molecule has 2 N–H and O–H groups in total. The van der Waals surface area contributed by atoms with Gasteiger partial charge in [-0.25, -0.2) is 9.59 Å². The van der Waals surface area contributed by atoms with Gasteiger partial charge in [0.25, 0.3) is 0 Å². The molecule has 0 aromatic heterocycles. The molecule has 0 spiro atoms. The quantitative estimate of drug-likeness (QED) is 0.323. The Hall–Kier alpha value is -3.34. The van der Waals surface area contributed by atoms with E-state index in [0.717, 1.165) is 14.2 Å². The minimum absolute atomic E-state index is 0.0246. The van der Waals surface area contributed by atoms with Gasteiger partial charge in [0.15, 0.2) is 11.5 Å². The summed E-state index contributed by atoms with van der Waals surface area (Å²) in [6.45, 7) is 5.60. The molecule has 11 heteroatoms. The van der Waals surface area contributed by atoms with Gasteiger partial charge in [-0.1, -0.05) is 26.8 Å². The van der Waals surface area contributed by atoms with E-state index in [4.69, 9.17) is 24.7 Å². The highest BCUT2D eigenvalue weighted by Crippen LogP contribution is 2.31. The largest absolute Gasteiger partial charge is 0.513 e. The van der Waals surface area contributed by atoms with Crippen molar-refractivity contribution in [1.29, 1.82) is 0 Å². The van der Waals surface area contributed by atoms with Gasteiger partial charge < -0.3 is 34.2 Å². The van der Waals surface area contributed by atoms with Gasteiger partial charge in [-0.3, -0.25) is 9.59 Å². The summed E-state index contributed by atoms with van der Waals surface area (Å²) < 4.78 is 28.9. The Morgan fingerprint density at radius 1 is 0.879 bits per heavy atom. The first-order chi connectivity index (χ1) is 15.3. The smallest absolute Gasteiger partial charge is 0.468 e. The summed E-state index contributed by atoms with van der Waals surface area (Å²) in [7, 11) is 3.41. The predicted molar refractivity (Wildman–Crippen MR) is 115 cm³/mol. The standard InChI is InChI=1S/C22H31NO10/c1-21(2,3)13-17(24)31-10-9-22(23,18(25)28-4)12-14-7-8-15(32-19(26)29-5)16(11-14)33-20(27)30-6/h7-8,11H,9-10,12-13,23H2,1-6H3/t22-/m1/s1. The van der Waals surface area contributed by atoms with Crippen molar-refractivity contribution in [3.05, 3.63) is 23.8 Å². The van der Waals surface area contributed by atoms with Crippen LogP contribution in [-0.4, -0.2) is 57.7 Å². The lowest BCUT2D eigenvalue weighted by Crippen LogP contribution is -2.51. The van der Waals surface area contributed by atoms with E-state index in [2.05, 4.69) is 9.47 Å². The van der Waals surface area contributed by atoms with E-state index < -0.39 is 29.8 Å². The van der Waals surface area contributed by atoms with Gasteiger partial charge in [-0.15, -0.1) is 0 Å². The third-order valence-corrected chi connectivity index (χ3v) is 4.33. The van der Waals surface area contributed by atoms with E-state index in [1.165, 1.54) is 25.3 Å². The van der Waals surface area contributed by atoms with Gasteiger partial charge in [0.05, 0.1) is 34.4 Å². The van der Waals surface area contributed by atoms with E-state index in [-0.39, 0.29) is 42.8 Å². The first-order valence-corrected chi connectivity index (χ1v) is 10.0. The topological polar surface area (TPSA) is 150 Å². The summed E-state index contributed by atoms with van der Waals surface area (Å²) in [5, 5.41) is 0. The number of esters is 2. The maximum atomic E-state index is 12.4. The Balaban J connectivity index is 3.07. The molecular weight excluding hydrogens is 438 g/mol. The number of ether oxygens (including phenoxy) is 6. The lowest BCUT2D eigenvalue weighted by molar-refractivity contribution is -0.152. The van der Waals surface area contributed by atoms with Crippen LogP contribution in [0, 0.1) is 5.41 Å². The Morgan fingerprint density at radius 2 is 1.45 bits per heavy atom. The van der Waals surface area contributed by atoms with Crippen LogP contribution in [0.2, 0.25) is 0 Å². The second-order valence-corrected chi connectivity index (χ2v) is 8.43. The second kappa shape index (κ2) is 12.0. The maximum Gasteiger partial charge on any atom is 0.513 e. The number of methoxy groups -OCH3 is 3. The summed E-state index contributed by atoms with van der Waals surface area (Å²) in [4.78, 5) is 47.4. The van der Waals surface area contributed by atoms with Gasteiger partial charge in [-0.2, -0.15) is 0 Å². The fraction of sp³-hybridized carbons (Fsp3) is 0.545. The highest BCUT2D eigenvalue weighted by molar-refractivity contribution is 5.81. The van der Waals surface area contributed by atoms with Gasteiger partial charge in [0, 0.05) is 12.8 Å². The van der Waals surface area contributed by atoms with E-state index in [9.17, 15) is 19.2 Å². The fourth-order valence-corrected chi connectivity index (χ4v) is 2.75. The predicted octanol–water partition coefficient (Wildman–Crippen LogP) is 2.76. The Morgan fingerprint density at radius 3 is 1.97 bits per heavy atom. The first-order valence-electron chi connectivity index (χ1n) is 10.0. The van der Waals surface area contributed by atoms with E-state index >= 15 is 0 Å². The molecule has 1 rings (SSSR count). The summed E-state index contributed by atoms with van der Waals surface area (Å²) in [6, 6.07) is 4.20. The molecule has 0 aliphatic carbocycles. The fourth-order valence-electron chi connectivity index (χ4n) is 2.75. The molecule has 11 nitrogen and oxygen atoms in total. The summed E-state index contributed by atoms with van der Waals surface area (Å²) in [5.74, 6) is -1.41. The number of hydrogen-bond acceptors (Lipinski definition) is 11. The highest BCUT2D eigenvalue weighted by atomic mass is 16.7. The maximum absolute atomic E-state index is 12.4. The molecule has 184 valence electrons. The third kappa shape index (κ3) is 9.36. The van der Waals surface area contributed by atoms with Gasteiger partial charge >= 0.3 is 24.2 Å². The zero-order chi connectivity index (χ0) is 25.2. The average molecular weight is 469 g/mol. The second-order valence-electron chi connectivity index (χ2n) is 8.43. The van der Waals surface area contributed by atoms with Gasteiger partial charge in [0.1, 0.15) is 5.54 Å². The Bertz CT molecular complexity index is 861. The third-order valence-electron chi connectivity index (χ3n) is 4.33. The van der Waals surface area contributed by atoms with Crippen molar-refractivity contribution >= 4 is 24.2 Å². The van der Waals surface area contributed by atoms with E-state index in [1.807, 2.05) is 20.8 Å². The number of benzene rings is 1. The molecule has 0 saturated carbocycles. The van der Waals surface area contributed by atoms with Crippen LogP contribution in [0.1, 0.15) is 39.2 Å². The normalized spacial score (nSPS) is 12.7. The van der Waals surface area contributed by atoms with Crippen molar-refractivity contribution in [2.45, 2.75) is 45.6 Å². The number of hydrogen-bond donors (Lipinski definition) is 1. The van der Waals surface area contributed by atoms with Gasteiger partial charge in [0.2, 0.25) is 0 Å². The molecule has 0 amide bonds. The van der Waals surface area contributed by atoms with Crippen LogP contribution in [0.5, 0.6) is 11.5 Å². The minimum Gasteiger partial charge on any atom is -0.468 e. The van der Waals surface area contributed by atoms with Crippen LogP contribution in [0.3, 0.4) is 0 Å². The van der Waals surface area contributed by atoms with Crippen LogP contribution in [0.15, 0.2) is 18.2 Å². The Labute approximate surface area is 192 Å². The van der Waals surface area contributed by atoms with E-state index in [0.29, 0.717) is 5.56 Å². The van der Waals surface area contributed by atoms with Crippen LogP contribution in [-0.2, 0) is 35.0 Å². The molecule has 0 aliphatic rings. The minimum atomic E-state index is -1.55. The zero-order valence-electron chi connectivity index (χ0n) is 19.7. The monoisotopic (exact) mass is 469 g/mol. The van der Waals surface area contributed by atoms with Crippen molar-refractivity contribution < 1.29 is 47.6 Å². The summed E-state index contributed by atoms with van der Waals surface area (Å²) in [5.41, 5.74) is 4.96. The molecule has 0 radical (unpaired) electrons. The molecule has 0 heterocycles. The Kier molecular flexibility index (Phi) is 10.1. The molecule has 33 heavy (non-hydrogen) atoms. The van der Waals surface area contributed by atoms with Crippen LogP contribution >= 0.6 is 0 Å². The molecule has 0 saturated heterocycles. The van der Waals surface area contributed by atoms with Crippen LogP contribution in [0.25, 0.3) is 0 Å². The number of rotatable bonds is 9. The highest BCUT2D eigenvalue weighted by Gasteiger charge is 2.36. The molecule has 0 unspecified atom stereocenters. The summed E-state index contributed by atoms with van der Waals surface area (Å²) >= 11 is 0. The molecule has 0 aliphatic heterocycles. The van der Waals surface area contributed by atoms with Crippen LogP contribution < -0.4 is 15.2 Å². The van der Waals surface area contributed by atoms with Crippen molar-refractivity contribution in [2.75, 3.05) is 27.9 Å². The van der Waals surface area contributed by atoms with Gasteiger partial charge in [-0.05, 0) is 23.1 Å². The molecular formula is C22H31NO10. The zero-order valence-corrected chi connectivity index (χ0v) is 19.7. The van der Waals surface area contributed by atoms with E-state index in [1.54, 1.807) is 0 Å². The average Bonchev–Trinajstić information content (AvgIpc) is 2.73. The SMILES string of the molecule is COC(=O)Oc1ccc(C[C@](N)(CCOC(=O)CC(C)(C)C)C(=O)OC)cc1OC(=O)OC. The van der Waals surface area contributed by atoms with Crippen molar-refractivity contribution in [3.8, 4) is 11.5 Å². The summed E-state index contributed by atoms with van der Waals surface area (Å²) in [6.07, 6.45) is -1.97.